The Bertz CT molecular complexity index is 1560. The highest BCUT2D eigenvalue weighted by Crippen LogP contribution is 2.45. The average Bonchev–Trinajstić information content (AvgIpc) is 3.49. The molecule has 0 saturated carbocycles. The summed E-state index contributed by atoms with van der Waals surface area (Å²) in [4.78, 5) is 33.1. The molecule has 0 radical (unpaired) electrons. The highest BCUT2D eigenvalue weighted by molar-refractivity contribution is 7.22. The van der Waals surface area contributed by atoms with Gasteiger partial charge in [0, 0.05) is 5.56 Å². The predicted molar refractivity (Wildman–Crippen MR) is 151 cm³/mol. The maximum Gasteiger partial charge on any atom is 0.301 e. The summed E-state index contributed by atoms with van der Waals surface area (Å²) < 4.78 is 17.5. The standard InChI is InChI=1S/C30H28N2O6S/c1-4-15-38-20-11-9-18(10-12-20)27(33)25-26(19-7-6-8-22(16-19)37-5-2)32(29(35)28(25)34)30-31-23-14-13-21(36-3)17-24(23)39-30/h6-14,16-17,26,33H,4-5,15H2,1-3H3/b27-25+. The van der Waals surface area contributed by atoms with Crippen molar-refractivity contribution in [3.8, 4) is 17.2 Å². The van der Waals surface area contributed by atoms with Crippen LogP contribution in [-0.4, -0.2) is 42.1 Å². The summed E-state index contributed by atoms with van der Waals surface area (Å²) >= 11 is 1.27. The fraction of sp³-hybridized carbons (Fsp3) is 0.233. The Hall–Kier alpha value is -4.37. The predicted octanol–water partition coefficient (Wildman–Crippen LogP) is 6.12. The number of ether oxygens (including phenoxy) is 3. The third-order valence-corrected chi connectivity index (χ3v) is 7.34. The normalized spacial score (nSPS) is 16.6. The molecule has 3 aromatic carbocycles. The molecule has 200 valence electrons. The van der Waals surface area contributed by atoms with Gasteiger partial charge in [-0.3, -0.25) is 14.5 Å². The van der Waals surface area contributed by atoms with Gasteiger partial charge in [0.25, 0.3) is 5.78 Å². The van der Waals surface area contributed by atoms with Crippen molar-refractivity contribution in [2.75, 3.05) is 25.2 Å². The molecule has 1 aliphatic rings. The summed E-state index contributed by atoms with van der Waals surface area (Å²) in [5.41, 5.74) is 1.66. The molecular formula is C30H28N2O6S. The van der Waals surface area contributed by atoms with Crippen molar-refractivity contribution in [1.29, 1.82) is 0 Å². The van der Waals surface area contributed by atoms with Crippen LogP contribution in [0.3, 0.4) is 0 Å². The van der Waals surface area contributed by atoms with Crippen LogP contribution in [0.15, 0.2) is 72.3 Å². The van der Waals surface area contributed by atoms with Crippen LogP contribution in [-0.2, 0) is 9.59 Å². The number of amides is 1. The Balaban J connectivity index is 1.65. The van der Waals surface area contributed by atoms with Gasteiger partial charge in [0.15, 0.2) is 5.13 Å². The van der Waals surface area contributed by atoms with Gasteiger partial charge < -0.3 is 19.3 Å². The molecule has 8 nitrogen and oxygen atoms in total. The van der Waals surface area contributed by atoms with E-state index in [0.29, 0.717) is 52.2 Å². The van der Waals surface area contributed by atoms with Crippen molar-refractivity contribution < 1.29 is 28.9 Å². The number of rotatable bonds is 9. The van der Waals surface area contributed by atoms with E-state index in [4.69, 9.17) is 14.2 Å². The lowest BCUT2D eigenvalue weighted by Gasteiger charge is -2.23. The van der Waals surface area contributed by atoms with Gasteiger partial charge in [0.05, 0.1) is 42.2 Å². The number of thiazole rings is 1. The van der Waals surface area contributed by atoms with E-state index in [1.807, 2.05) is 19.9 Å². The van der Waals surface area contributed by atoms with Crippen LogP contribution in [0.5, 0.6) is 17.2 Å². The number of Topliss-reactive ketones (excluding diaryl/α,β-unsaturated/α-hetero) is 1. The van der Waals surface area contributed by atoms with E-state index in [1.165, 1.54) is 16.2 Å². The number of carbonyl (C=O) groups excluding carboxylic acids is 2. The molecule has 1 aromatic heterocycles. The molecule has 4 aromatic rings. The van der Waals surface area contributed by atoms with Crippen molar-refractivity contribution in [1.82, 2.24) is 4.98 Å². The first kappa shape index (κ1) is 26.2. The van der Waals surface area contributed by atoms with E-state index < -0.39 is 17.7 Å². The summed E-state index contributed by atoms with van der Waals surface area (Å²) in [6, 6.07) is 18.5. The minimum atomic E-state index is -0.913. The maximum absolute atomic E-state index is 13.5. The zero-order valence-electron chi connectivity index (χ0n) is 21.8. The lowest BCUT2D eigenvalue weighted by atomic mass is 9.95. The summed E-state index contributed by atoms with van der Waals surface area (Å²) in [5.74, 6) is 0.0751. The van der Waals surface area contributed by atoms with E-state index in [9.17, 15) is 14.7 Å². The van der Waals surface area contributed by atoms with Crippen LogP contribution in [0.25, 0.3) is 16.0 Å². The Morgan fingerprint density at radius 3 is 2.46 bits per heavy atom. The van der Waals surface area contributed by atoms with E-state index in [1.54, 1.807) is 67.8 Å². The average molecular weight is 545 g/mol. The van der Waals surface area contributed by atoms with Gasteiger partial charge in [-0.2, -0.15) is 0 Å². The molecule has 1 atom stereocenters. The zero-order chi connectivity index (χ0) is 27.5. The Kier molecular flexibility index (Phi) is 7.51. The smallest absolute Gasteiger partial charge is 0.301 e. The molecule has 1 fully saturated rings. The van der Waals surface area contributed by atoms with E-state index in [0.717, 1.165) is 11.1 Å². The Morgan fingerprint density at radius 1 is 0.974 bits per heavy atom. The molecule has 1 aliphatic heterocycles. The molecule has 2 heterocycles. The second-order valence-corrected chi connectivity index (χ2v) is 9.89. The fourth-order valence-electron chi connectivity index (χ4n) is 4.49. The lowest BCUT2D eigenvalue weighted by molar-refractivity contribution is -0.132. The first-order chi connectivity index (χ1) is 18.9. The molecule has 39 heavy (non-hydrogen) atoms. The number of nitrogens with zero attached hydrogens (tertiary/aromatic N) is 2. The number of hydrogen-bond acceptors (Lipinski definition) is 8. The number of fused-ring (bicyclic) bond motifs is 1. The van der Waals surface area contributed by atoms with Crippen LogP contribution in [0.1, 0.15) is 37.4 Å². The van der Waals surface area contributed by atoms with Gasteiger partial charge in [-0.15, -0.1) is 0 Å². The third-order valence-electron chi connectivity index (χ3n) is 6.32. The SMILES string of the molecule is CCCOc1ccc(/C(O)=C2\C(=O)C(=O)N(c3nc4ccc(OC)cc4s3)C2c2cccc(OCC)c2)cc1. The summed E-state index contributed by atoms with van der Waals surface area (Å²) in [7, 11) is 1.58. The molecule has 0 aliphatic carbocycles. The first-order valence-corrected chi connectivity index (χ1v) is 13.5. The summed E-state index contributed by atoms with van der Waals surface area (Å²) in [6.07, 6.45) is 0.866. The van der Waals surface area contributed by atoms with Gasteiger partial charge in [-0.05, 0) is 73.5 Å². The zero-order valence-corrected chi connectivity index (χ0v) is 22.7. The molecular weight excluding hydrogens is 516 g/mol. The number of aromatic nitrogens is 1. The molecule has 9 heteroatoms. The number of hydrogen-bond donors (Lipinski definition) is 1. The van der Waals surface area contributed by atoms with Crippen molar-refractivity contribution in [2.45, 2.75) is 26.3 Å². The number of anilines is 1. The summed E-state index contributed by atoms with van der Waals surface area (Å²) in [5, 5.41) is 11.8. The quantitative estimate of drug-likeness (QED) is 0.154. The summed E-state index contributed by atoms with van der Waals surface area (Å²) in [6.45, 7) is 4.92. The van der Waals surface area contributed by atoms with E-state index in [2.05, 4.69) is 4.98 Å². The largest absolute Gasteiger partial charge is 0.507 e. The maximum atomic E-state index is 13.5. The first-order valence-electron chi connectivity index (χ1n) is 12.7. The van der Waals surface area contributed by atoms with Gasteiger partial charge >= 0.3 is 5.91 Å². The number of benzene rings is 3. The van der Waals surface area contributed by atoms with Crippen LogP contribution >= 0.6 is 11.3 Å². The number of carbonyl (C=O) groups is 2. The van der Waals surface area contributed by atoms with Crippen molar-refractivity contribution >= 4 is 44.1 Å². The highest BCUT2D eigenvalue weighted by Gasteiger charge is 2.48. The second kappa shape index (κ2) is 11.2. The molecule has 0 spiro atoms. The van der Waals surface area contributed by atoms with E-state index in [-0.39, 0.29) is 11.3 Å². The topological polar surface area (TPSA) is 98.2 Å². The lowest BCUT2D eigenvalue weighted by Crippen LogP contribution is -2.29. The molecule has 0 bridgehead atoms. The molecule has 1 unspecified atom stereocenters. The van der Waals surface area contributed by atoms with Crippen LogP contribution in [0, 0.1) is 0 Å². The fourth-order valence-corrected chi connectivity index (χ4v) is 5.51. The third kappa shape index (κ3) is 5.05. The molecule has 5 rings (SSSR count). The van der Waals surface area contributed by atoms with Gasteiger partial charge in [-0.25, -0.2) is 4.98 Å². The molecule has 1 amide bonds. The highest BCUT2D eigenvalue weighted by atomic mass is 32.1. The minimum Gasteiger partial charge on any atom is -0.507 e. The Morgan fingerprint density at radius 2 is 1.74 bits per heavy atom. The van der Waals surface area contributed by atoms with Crippen molar-refractivity contribution in [3.05, 3.63) is 83.4 Å². The Labute approximate surface area is 230 Å². The number of methoxy groups -OCH3 is 1. The minimum absolute atomic E-state index is 0.0206. The van der Waals surface area contributed by atoms with Crippen LogP contribution < -0.4 is 19.1 Å². The number of aliphatic hydroxyl groups is 1. The van der Waals surface area contributed by atoms with E-state index >= 15 is 0 Å². The van der Waals surface area contributed by atoms with Gasteiger partial charge in [0.1, 0.15) is 23.0 Å². The molecule has 1 N–H and O–H groups in total. The monoisotopic (exact) mass is 544 g/mol. The van der Waals surface area contributed by atoms with Crippen LogP contribution in [0.4, 0.5) is 5.13 Å². The molecule has 1 saturated heterocycles. The number of aliphatic hydroxyl groups excluding tert-OH is 1. The van der Waals surface area contributed by atoms with Gasteiger partial charge in [0.2, 0.25) is 0 Å². The second-order valence-electron chi connectivity index (χ2n) is 8.88. The van der Waals surface area contributed by atoms with Gasteiger partial charge in [-0.1, -0.05) is 30.4 Å². The van der Waals surface area contributed by atoms with Crippen molar-refractivity contribution in [3.63, 3.8) is 0 Å². The van der Waals surface area contributed by atoms with Crippen molar-refractivity contribution in [2.24, 2.45) is 0 Å². The van der Waals surface area contributed by atoms with Crippen LogP contribution in [0.2, 0.25) is 0 Å². The number of ketones is 1.